The summed E-state index contributed by atoms with van der Waals surface area (Å²) >= 11 is 1.28. The zero-order valence-electron chi connectivity index (χ0n) is 21.2. The van der Waals surface area contributed by atoms with Gasteiger partial charge in [0.1, 0.15) is 0 Å². The van der Waals surface area contributed by atoms with Crippen LogP contribution < -0.4 is 4.80 Å². The van der Waals surface area contributed by atoms with Crippen molar-refractivity contribution in [2.75, 3.05) is 19.7 Å². The summed E-state index contributed by atoms with van der Waals surface area (Å²) in [6, 6.07) is 11.1. The number of fused-ring (bicyclic) bond motifs is 1. The van der Waals surface area contributed by atoms with Crippen LogP contribution in [0.5, 0.6) is 0 Å². The number of ether oxygens (including phenoxy) is 1. The SMILES string of the molecule is C=CCn1c(=NC(=O)c2ccc(S(=O)(=O)N3C[C@@H](C)C[C@H](C)C3)cc2)sc2cc(C(=O)OCC)ccc21. The van der Waals surface area contributed by atoms with E-state index in [9.17, 15) is 18.0 Å². The van der Waals surface area contributed by atoms with Gasteiger partial charge in [-0.05, 0) is 67.6 Å². The molecule has 1 aromatic heterocycles. The highest BCUT2D eigenvalue weighted by molar-refractivity contribution is 7.89. The predicted octanol–water partition coefficient (Wildman–Crippen LogP) is 4.47. The van der Waals surface area contributed by atoms with Crippen molar-refractivity contribution in [2.24, 2.45) is 16.8 Å². The smallest absolute Gasteiger partial charge is 0.338 e. The lowest BCUT2D eigenvalue weighted by atomic mass is 9.94. The van der Waals surface area contributed by atoms with Gasteiger partial charge in [0.15, 0.2) is 4.80 Å². The van der Waals surface area contributed by atoms with Gasteiger partial charge in [0, 0.05) is 25.2 Å². The van der Waals surface area contributed by atoms with Crippen LogP contribution in [0, 0.1) is 11.8 Å². The molecule has 196 valence electrons. The molecule has 0 bridgehead atoms. The molecular weight excluding hydrogens is 510 g/mol. The fraction of sp³-hybridized carbons (Fsp3) is 0.370. The number of hydrogen-bond acceptors (Lipinski definition) is 6. The van der Waals surface area contributed by atoms with E-state index in [1.54, 1.807) is 31.2 Å². The number of rotatable bonds is 7. The standard InChI is InChI=1S/C27H31N3O5S2/c1-5-13-30-23-12-9-21(26(32)35-6-2)15-24(23)36-27(30)28-25(31)20-7-10-22(11-8-20)37(33,34)29-16-18(3)14-19(4)17-29/h5,7-12,15,18-19H,1,6,13-14,16-17H2,2-4H3/t18-,19-/m0/s1. The molecule has 0 unspecified atom stereocenters. The van der Waals surface area contributed by atoms with Crippen molar-refractivity contribution in [3.05, 3.63) is 71.0 Å². The van der Waals surface area contributed by atoms with Crippen molar-refractivity contribution in [2.45, 2.75) is 38.6 Å². The number of nitrogens with zero attached hydrogens (tertiary/aromatic N) is 3. The molecule has 4 rings (SSSR count). The predicted molar refractivity (Wildman–Crippen MR) is 144 cm³/mol. The Morgan fingerprint density at radius 3 is 2.38 bits per heavy atom. The lowest BCUT2D eigenvalue weighted by Gasteiger charge is -2.34. The van der Waals surface area contributed by atoms with Crippen LogP contribution >= 0.6 is 11.3 Å². The quantitative estimate of drug-likeness (QED) is 0.325. The van der Waals surface area contributed by atoms with Crippen LogP contribution in [0.15, 0.2) is 65.0 Å². The summed E-state index contributed by atoms with van der Waals surface area (Å²) < 4.78 is 35.6. The molecule has 1 saturated heterocycles. The molecule has 1 aliphatic heterocycles. The molecule has 2 atom stereocenters. The van der Waals surface area contributed by atoms with Gasteiger partial charge in [-0.3, -0.25) is 4.79 Å². The number of carbonyl (C=O) groups is 2. The van der Waals surface area contributed by atoms with E-state index in [0.29, 0.717) is 41.8 Å². The fourth-order valence-electron chi connectivity index (χ4n) is 4.68. The summed E-state index contributed by atoms with van der Waals surface area (Å²) in [6.07, 6.45) is 2.71. The molecule has 10 heteroatoms. The molecule has 0 spiro atoms. The maximum Gasteiger partial charge on any atom is 0.338 e. The Morgan fingerprint density at radius 2 is 1.76 bits per heavy atom. The number of piperidine rings is 1. The van der Waals surface area contributed by atoms with Gasteiger partial charge in [-0.25, -0.2) is 13.2 Å². The minimum absolute atomic E-state index is 0.167. The van der Waals surface area contributed by atoms with Gasteiger partial charge in [-0.2, -0.15) is 9.30 Å². The molecule has 3 aromatic rings. The van der Waals surface area contributed by atoms with Crippen LogP contribution in [-0.4, -0.2) is 48.9 Å². The third-order valence-corrected chi connectivity index (χ3v) is 9.16. The second-order valence-electron chi connectivity index (χ2n) is 9.40. The van der Waals surface area contributed by atoms with Crippen molar-refractivity contribution in [1.29, 1.82) is 0 Å². The molecular formula is C27H31N3O5S2. The summed E-state index contributed by atoms with van der Waals surface area (Å²) in [7, 11) is -3.64. The van der Waals surface area contributed by atoms with Crippen molar-refractivity contribution in [3.63, 3.8) is 0 Å². The van der Waals surface area contributed by atoms with Crippen molar-refractivity contribution in [1.82, 2.24) is 8.87 Å². The van der Waals surface area contributed by atoms with Gasteiger partial charge in [0.05, 0.1) is 27.3 Å². The maximum absolute atomic E-state index is 13.2. The Bertz CT molecular complexity index is 1490. The topological polar surface area (TPSA) is 98.0 Å². The number of hydrogen-bond donors (Lipinski definition) is 0. The molecule has 1 aliphatic rings. The Hall–Kier alpha value is -3.08. The third-order valence-electron chi connectivity index (χ3n) is 6.28. The number of esters is 1. The summed E-state index contributed by atoms with van der Waals surface area (Å²) in [6.45, 7) is 11.4. The number of benzene rings is 2. The molecule has 0 radical (unpaired) electrons. The summed E-state index contributed by atoms with van der Waals surface area (Å²) in [5.74, 6) is -0.296. The third kappa shape index (κ3) is 5.76. The van der Waals surface area contributed by atoms with Gasteiger partial charge in [-0.15, -0.1) is 6.58 Å². The maximum atomic E-state index is 13.2. The van der Waals surface area contributed by atoms with E-state index in [4.69, 9.17) is 4.74 Å². The zero-order chi connectivity index (χ0) is 26.7. The van der Waals surface area contributed by atoms with Crippen LogP contribution in [-0.2, 0) is 21.3 Å². The Labute approximate surface area is 221 Å². The number of sulfonamides is 1. The molecule has 0 aliphatic carbocycles. The number of aromatic nitrogens is 1. The van der Waals surface area contributed by atoms with Crippen molar-refractivity contribution >= 4 is 43.5 Å². The van der Waals surface area contributed by atoms with Crippen molar-refractivity contribution in [3.8, 4) is 0 Å². The zero-order valence-corrected chi connectivity index (χ0v) is 22.8. The highest BCUT2D eigenvalue weighted by atomic mass is 32.2. The molecule has 8 nitrogen and oxygen atoms in total. The van der Waals surface area contributed by atoms with E-state index in [1.165, 1.54) is 39.9 Å². The highest BCUT2D eigenvalue weighted by Crippen LogP contribution is 2.27. The van der Waals surface area contributed by atoms with E-state index in [-0.39, 0.29) is 17.1 Å². The highest BCUT2D eigenvalue weighted by Gasteiger charge is 2.31. The van der Waals surface area contributed by atoms with Crippen LogP contribution in [0.1, 0.15) is 47.9 Å². The first-order chi connectivity index (χ1) is 17.6. The monoisotopic (exact) mass is 541 g/mol. The Kier molecular flexibility index (Phi) is 8.11. The second kappa shape index (κ2) is 11.1. The normalized spacial score (nSPS) is 19.2. The van der Waals surface area contributed by atoms with E-state index in [2.05, 4.69) is 25.4 Å². The van der Waals surface area contributed by atoms with E-state index < -0.39 is 21.9 Å². The molecule has 37 heavy (non-hydrogen) atoms. The summed E-state index contributed by atoms with van der Waals surface area (Å²) in [5, 5.41) is 0. The van der Waals surface area contributed by atoms with Gasteiger partial charge in [0.2, 0.25) is 10.0 Å². The van der Waals surface area contributed by atoms with Crippen LogP contribution in [0.4, 0.5) is 0 Å². The molecule has 1 amide bonds. The molecule has 2 aromatic carbocycles. The molecule has 0 saturated carbocycles. The van der Waals surface area contributed by atoms with Gasteiger partial charge < -0.3 is 9.30 Å². The number of thiazole rings is 1. The largest absolute Gasteiger partial charge is 0.462 e. The fourth-order valence-corrected chi connectivity index (χ4v) is 7.43. The molecule has 1 fully saturated rings. The molecule has 0 N–H and O–H groups in total. The van der Waals surface area contributed by atoms with E-state index >= 15 is 0 Å². The lowest BCUT2D eigenvalue weighted by molar-refractivity contribution is 0.0526. The first-order valence-electron chi connectivity index (χ1n) is 12.2. The summed E-state index contributed by atoms with van der Waals surface area (Å²) in [4.78, 5) is 30.1. The Balaban J connectivity index is 1.64. The first-order valence-corrected chi connectivity index (χ1v) is 14.5. The van der Waals surface area contributed by atoms with Gasteiger partial charge in [0.25, 0.3) is 5.91 Å². The van der Waals surface area contributed by atoms with Crippen LogP contribution in [0.2, 0.25) is 0 Å². The summed E-state index contributed by atoms with van der Waals surface area (Å²) in [5.41, 5.74) is 1.53. The minimum Gasteiger partial charge on any atom is -0.462 e. The van der Waals surface area contributed by atoms with Crippen LogP contribution in [0.25, 0.3) is 10.2 Å². The lowest BCUT2D eigenvalue weighted by Crippen LogP contribution is -2.42. The first kappa shape index (κ1) is 27.0. The Morgan fingerprint density at radius 1 is 1.11 bits per heavy atom. The number of allylic oxidation sites excluding steroid dienone is 1. The average Bonchev–Trinajstić information content (AvgIpc) is 3.20. The second-order valence-corrected chi connectivity index (χ2v) is 12.3. The van der Waals surface area contributed by atoms with Crippen molar-refractivity contribution < 1.29 is 22.7 Å². The minimum atomic E-state index is -3.64. The van der Waals surface area contributed by atoms with Gasteiger partial charge in [-0.1, -0.05) is 31.3 Å². The average molecular weight is 542 g/mol. The molecule has 2 heterocycles. The van der Waals surface area contributed by atoms with E-state index in [0.717, 1.165) is 16.6 Å². The van der Waals surface area contributed by atoms with Crippen LogP contribution in [0.3, 0.4) is 0 Å². The van der Waals surface area contributed by atoms with Gasteiger partial charge >= 0.3 is 5.97 Å². The van der Waals surface area contributed by atoms with E-state index in [1.807, 2.05) is 4.57 Å². The number of amides is 1. The number of carbonyl (C=O) groups excluding carboxylic acids is 2.